The van der Waals surface area contributed by atoms with Crippen molar-refractivity contribution in [3.63, 3.8) is 0 Å². The van der Waals surface area contributed by atoms with Crippen molar-refractivity contribution >= 4 is 17.8 Å². The number of carbonyl (C=O) groups is 1. The van der Waals surface area contributed by atoms with Gasteiger partial charge < -0.3 is 14.2 Å². The van der Waals surface area contributed by atoms with E-state index in [4.69, 9.17) is 14.2 Å². The average molecular weight is 359 g/mol. The van der Waals surface area contributed by atoms with E-state index < -0.39 is 10.8 Å². The van der Waals surface area contributed by atoms with E-state index in [1.54, 1.807) is 18.2 Å². The summed E-state index contributed by atoms with van der Waals surface area (Å²) in [6, 6.07) is 9.01. The fourth-order valence-electron chi connectivity index (χ4n) is 2.14. The first-order valence-electron chi connectivity index (χ1n) is 7.38. The number of nitro groups is 1. The Balaban J connectivity index is 2.12. The summed E-state index contributed by atoms with van der Waals surface area (Å²) >= 11 is 0. The van der Waals surface area contributed by atoms with Gasteiger partial charge in [0.2, 0.25) is 0 Å². The van der Waals surface area contributed by atoms with Gasteiger partial charge in [-0.25, -0.2) is 5.43 Å². The minimum Gasteiger partial charge on any atom is -0.493 e. The van der Waals surface area contributed by atoms with Gasteiger partial charge in [0.1, 0.15) is 0 Å². The topological polar surface area (TPSA) is 112 Å². The molecule has 26 heavy (non-hydrogen) atoms. The van der Waals surface area contributed by atoms with Gasteiger partial charge in [0, 0.05) is 17.2 Å². The third-order valence-electron chi connectivity index (χ3n) is 3.43. The lowest BCUT2D eigenvalue weighted by Gasteiger charge is -2.08. The van der Waals surface area contributed by atoms with Crippen molar-refractivity contribution in [2.75, 3.05) is 21.3 Å². The number of ether oxygens (including phenoxy) is 3. The maximum absolute atomic E-state index is 12.1. The molecule has 0 fully saturated rings. The van der Waals surface area contributed by atoms with Gasteiger partial charge in [-0.15, -0.1) is 0 Å². The van der Waals surface area contributed by atoms with Gasteiger partial charge in [0.25, 0.3) is 5.91 Å². The maximum Gasteiger partial charge on any atom is 0.311 e. The molecule has 9 nitrogen and oxygen atoms in total. The fraction of sp³-hybridized carbons (Fsp3) is 0.176. The number of benzene rings is 2. The van der Waals surface area contributed by atoms with E-state index >= 15 is 0 Å². The second-order valence-electron chi connectivity index (χ2n) is 4.96. The number of hydrazone groups is 1. The van der Waals surface area contributed by atoms with E-state index in [-0.39, 0.29) is 11.4 Å². The van der Waals surface area contributed by atoms with E-state index in [2.05, 4.69) is 10.5 Å². The number of hydrogen-bond acceptors (Lipinski definition) is 7. The molecule has 0 aromatic heterocycles. The molecular weight excluding hydrogens is 342 g/mol. The number of methoxy groups -OCH3 is 3. The van der Waals surface area contributed by atoms with Gasteiger partial charge in [0.15, 0.2) is 17.2 Å². The summed E-state index contributed by atoms with van der Waals surface area (Å²) in [4.78, 5) is 22.6. The van der Waals surface area contributed by atoms with Crippen LogP contribution in [-0.2, 0) is 0 Å². The van der Waals surface area contributed by atoms with Crippen LogP contribution in [0.15, 0.2) is 41.5 Å². The van der Waals surface area contributed by atoms with E-state index in [1.165, 1.54) is 45.7 Å². The highest BCUT2D eigenvalue weighted by Crippen LogP contribution is 2.28. The number of nitrogens with zero attached hydrogens (tertiary/aromatic N) is 2. The predicted molar refractivity (Wildman–Crippen MR) is 94.3 cm³/mol. The number of hydrogen-bond donors (Lipinski definition) is 1. The molecule has 9 heteroatoms. The molecule has 0 radical (unpaired) electrons. The van der Waals surface area contributed by atoms with Crippen molar-refractivity contribution in [2.24, 2.45) is 5.10 Å². The highest BCUT2D eigenvalue weighted by molar-refractivity contribution is 5.95. The van der Waals surface area contributed by atoms with Crippen LogP contribution in [0.4, 0.5) is 5.69 Å². The largest absolute Gasteiger partial charge is 0.493 e. The Morgan fingerprint density at radius 3 is 2.31 bits per heavy atom. The molecular formula is C17H17N3O6. The van der Waals surface area contributed by atoms with Gasteiger partial charge in [0.05, 0.1) is 32.5 Å². The first kappa shape index (κ1) is 18.7. The highest BCUT2D eigenvalue weighted by atomic mass is 16.6. The zero-order chi connectivity index (χ0) is 19.1. The highest BCUT2D eigenvalue weighted by Gasteiger charge is 2.14. The quantitative estimate of drug-likeness (QED) is 0.461. The molecule has 1 amide bonds. The van der Waals surface area contributed by atoms with Crippen molar-refractivity contribution < 1.29 is 23.9 Å². The van der Waals surface area contributed by atoms with E-state index in [9.17, 15) is 14.9 Å². The van der Waals surface area contributed by atoms with Crippen LogP contribution in [0, 0.1) is 10.1 Å². The average Bonchev–Trinajstić information content (AvgIpc) is 2.67. The fourth-order valence-corrected chi connectivity index (χ4v) is 2.14. The third-order valence-corrected chi connectivity index (χ3v) is 3.43. The molecule has 0 aliphatic heterocycles. The summed E-state index contributed by atoms with van der Waals surface area (Å²) < 4.78 is 15.2. The van der Waals surface area contributed by atoms with Crippen molar-refractivity contribution in [3.05, 3.63) is 57.6 Å². The molecule has 0 atom stereocenters. The summed E-state index contributed by atoms with van der Waals surface area (Å²) in [5.41, 5.74) is 2.91. The predicted octanol–water partition coefficient (Wildman–Crippen LogP) is 2.38. The van der Waals surface area contributed by atoms with Crippen LogP contribution < -0.4 is 19.6 Å². The first-order valence-corrected chi connectivity index (χ1v) is 7.38. The molecule has 0 aliphatic carbocycles. The van der Waals surface area contributed by atoms with Gasteiger partial charge >= 0.3 is 5.69 Å². The molecule has 0 unspecified atom stereocenters. The molecule has 0 heterocycles. The number of rotatable bonds is 7. The Morgan fingerprint density at radius 2 is 1.69 bits per heavy atom. The lowest BCUT2D eigenvalue weighted by atomic mass is 10.2. The van der Waals surface area contributed by atoms with Crippen LogP contribution in [0.2, 0.25) is 0 Å². The third kappa shape index (κ3) is 4.26. The maximum atomic E-state index is 12.1. The zero-order valence-corrected chi connectivity index (χ0v) is 14.4. The number of nitrogens with one attached hydrogen (secondary N) is 1. The van der Waals surface area contributed by atoms with Gasteiger partial charge in [-0.3, -0.25) is 14.9 Å². The van der Waals surface area contributed by atoms with Gasteiger partial charge in [-0.05, 0) is 30.3 Å². The second-order valence-corrected chi connectivity index (χ2v) is 4.96. The minimum absolute atomic E-state index is 0.140. The molecule has 2 aromatic rings. The Morgan fingerprint density at radius 1 is 1.04 bits per heavy atom. The first-order chi connectivity index (χ1) is 12.5. The summed E-state index contributed by atoms with van der Waals surface area (Å²) in [6.45, 7) is 0. The number of carbonyl (C=O) groups excluding carboxylic acids is 1. The lowest BCUT2D eigenvalue weighted by molar-refractivity contribution is -0.385. The van der Waals surface area contributed by atoms with Crippen LogP contribution >= 0.6 is 0 Å². The molecule has 2 rings (SSSR count). The van der Waals surface area contributed by atoms with E-state index in [0.717, 1.165) is 0 Å². The van der Waals surface area contributed by atoms with Crippen molar-refractivity contribution in [1.82, 2.24) is 5.43 Å². The molecule has 0 saturated heterocycles. The summed E-state index contributed by atoms with van der Waals surface area (Å²) in [5.74, 6) is 0.583. The second kappa shape index (κ2) is 8.47. The van der Waals surface area contributed by atoms with Crippen LogP contribution in [0.5, 0.6) is 17.2 Å². The smallest absolute Gasteiger partial charge is 0.311 e. The van der Waals surface area contributed by atoms with Gasteiger partial charge in [-0.1, -0.05) is 0 Å². The van der Waals surface area contributed by atoms with E-state index in [1.807, 2.05) is 0 Å². The molecule has 0 saturated carbocycles. The Kier molecular flexibility index (Phi) is 6.10. The lowest BCUT2D eigenvalue weighted by Crippen LogP contribution is -2.17. The minimum atomic E-state index is -0.557. The van der Waals surface area contributed by atoms with Crippen LogP contribution in [-0.4, -0.2) is 38.4 Å². The van der Waals surface area contributed by atoms with E-state index in [0.29, 0.717) is 22.6 Å². The molecule has 0 bridgehead atoms. The summed E-state index contributed by atoms with van der Waals surface area (Å²) in [5, 5.41) is 14.8. The molecule has 2 aromatic carbocycles. The Hall–Kier alpha value is -3.62. The number of nitro benzene ring substituents is 1. The van der Waals surface area contributed by atoms with Crippen LogP contribution in [0.3, 0.4) is 0 Å². The SMILES string of the molecule is COc1ccc(C(=O)N/N=C\c2ccc(OC)c([N+](=O)[O-])c2)cc1OC. The standard InChI is InChI=1S/C17H17N3O6/c1-24-14-6-4-11(8-13(14)20(22)23)10-18-19-17(21)12-5-7-15(25-2)16(9-12)26-3/h4-10H,1-3H3,(H,19,21)/b18-10-. The number of amides is 1. The molecule has 0 spiro atoms. The van der Waals surface area contributed by atoms with Crippen LogP contribution in [0.25, 0.3) is 0 Å². The zero-order valence-electron chi connectivity index (χ0n) is 14.4. The van der Waals surface area contributed by atoms with Crippen LogP contribution in [0.1, 0.15) is 15.9 Å². The molecule has 0 aliphatic rings. The summed E-state index contributed by atoms with van der Waals surface area (Å²) in [6.07, 6.45) is 1.30. The van der Waals surface area contributed by atoms with Gasteiger partial charge in [-0.2, -0.15) is 5.10 Å². The van der Waals surface area contributed by atoms with Crippen molar-refractivity contribution in [1.29, 1.82) is 0 Å². The molecule has 1 N–H and O–H groups in total. The Bertz CT molecular complexity index is 850. The van der Waals surface area contributed by atoms with Crippen molar-refractivity contribution in [2.45, 2.75) is 0 Å². The monoisotopic (exact) mass is 359 g/mol. The molecule has 136 valence electrons. The summed E-state index contributed by atoms with van der Waals surface area (Å²) in [7, 11) is 4.31. The normalized spacial score (nSPS) is 10.4. The van der Waals surface area contributed by atoms with Crippen molar-refractivity contribution in [3.8, 4) is 17.2 Å². The Labute approximate surface area is 149 Å².